The van der Waals surface area contributed by atoms with Crippen molar-refractivity contribution in [3.63, 3.8) is 0 Å². The molecule has 21 heavy (non-hydrogen) atoms. The summed E-state index contributed by atoms with van der Waals surface area (Å²) >= 11 is 0. The average Bonchev–Trinajstić information content (AvgIpc) is 2.53. The van der Waals surface area contributed by atoms with Gasteiger partial charge in [-0.1, -0.05) is 13.8 Å². The highest BCUT2D eigenvalue weighted by atomic mass is 16.5. The van der Waals surface area contributed by atoms with Crippen LogP contribution in [0.1, 0.15) is 44.7 Å². The molecule has 5 nitrogen and oxygen atoms in total. The van der Waals surface area contributed by atoms with Crippen LogP contribution in [0.2, 0.25) is 0 Å². The van der Waals surface area contributed by atoms with Gasteiger partial charge in [0.2, 0.25) is 11.8 Å². The lowest BCUT2D eigenvalue weighted by atomic mass is 9.95. The van der Waals surface area contributed by atoms with E-state index < -0.39 is 0 Å². The molecule has 5 heteroatoms. The fraction of sp³-hybridized carbons (Fsp3) is 0.500. The van der Waals surface area contributed by atoms with Gasteiger partial charge in [-0.15, -0.1) is 0 Å². The molecule has 1 aliphatic rings. The third-order valence-electron chi connectivity index (χ3n) is 3.80. The Hall–Kier alpha value is -2.04. The maximum atomic E-state index is 12.1. The number of hydrogen-bond donors (Lipinski definition) is 1. The van der Waals surface area contributed by atoms with Crippen LogP contribution < -0.4 is 15.0 Å². The van der Waals surface area contributed by atoms with Crippen molar-refractivity contribution in [2.75, 3.05) is 18.6 Å². The average molecular weight is 290 g/mol. The first-order valence-corrected chi connectivity index (χ1v) is 7.38. The molecule has 0 spiro atoms. The Balaban J connectivity index is 2.38. The number of amides is 2. The zero-order valence-electron chi connectivity index (χ0n) is 12.8. The number of carbonyl (C=O) groups excluding carboxylic acids is 2. The number of ether oxygens (including phenoxy) is 1. The highest BCUT2D eigenvalue weighted by Gasteiger charge is 2.29. The van der Waals surface area contributed by atoms with Gasteiger partial charge in [0, 0.05) is 30.6 Å². The molecule has 1 N–H and O–H groups in total. The van der Waals surface area contributed by atoms with Crippen LogP contribution in [0.25, 0.3) is 0 Å². The lowest BCUT2D eigenvalue weighted by Crippen LogP contribution is -2.40. The third-order valence-corrected chi connectivity index (χ3v) is 3.80. The normalized spacial score (nSPS) is 17.1. The molecular formula is C16H22N2O3. The maximum absolute atomic E-state index is 12.1. The van der Waals surface area contributed by atoms with E-state index in [1.54, 1.807) is 12.0 Å². The van der Waals surface area contributed by atoms with Crippen LogP contribution in [0, 0.1) is 0 Å². The van der Waals surface area contributed by atoms with E-state index in [4.69, 9.17) is 4.74 Å². The minimum atomic E-state index is -0.0662. The van der Waals surface area contributed by atoms with Crippen molar-refractivity contribution in [1.29, 1.82) is 0 Å². The van der Waals surface area contributed by atoms with Crippen LogP contribution in [0.15, 0.2) is 18.2 Å². The lowest BCUT2D eigenvalue weighted by Gasteiger charge is -2.34. The van der Waals surface area contributed by atoms with Gasteiger partial charge in [0.1, 0.15) is 5.75 Å². The van der Waals surface area contributed by atoms with Crippen LogP contribution in [0.3, 0.4) is 0 Å². The van der Waals surface area contributed by atoms with E-state index in [-0.39, 0.29) is 17.9 Å². The number of rotatable bonds is 4. The smallest absolute Gasteiger partial charge is 0.226 e. The Morgan fingerprint density at radius 3 is 2.71 bits per heavy atom. The summed E-state index contributed by atoms with van der Waals surface area (Å²) in [5.74, 6) is 0.848. The first-order valence-electron chi connectivity index (χ1n) is 7.38. The molecule has 1 atom stereocenters. The summed E-state index contributed by atoms with van der Waals surface area (Å²) < 4.78 is 5.27. The van der Waals surface area contributed by atoms with Crippen LogP contribution in [-0.4, -0.2) is 25.5 Å². The Morgan fingerprint density at radius 2 is 2.10 bits per heavy atom. The second-order valence-corrected chi connectivity index (χ2v) is 5.09. The molecule has 2 rings (SSSR count). The molecule has 0 saturated carbocycles. The second kappa shape index (κ2) is 6.61. The maximum Gasteiger partial charge on any atom is 0.226 e. The van der Waals surface area contributed by atoms with E-state index in [1.165, 1.54) is 0 Å². The molecule has 1 aliphatic heterocycles. The summed E-state index contributed by atoms with van der Waals surface area (Å²) in [6.07, 6.45) is 1.64. The Morgan fingerprint density at radius 1 is 1.33 bits per heavy atom. The van der Waals surface area contributed by atoms with E-state index in [9.17, 15) is 9.59 Å². The first-order chi connectivity index (χ1) is 10.1. The number of hydrogen-bond acceptors (Lipinski definition) is 3. The lowest BCUT2D eigenvalue weighted by molar-refractivity contribution is -0.121. The summed E-state index contributed by atoms with van der Waals surface area (Å²) in [6, 6.07) is 5.58. The molecule has 0 aromatic heterocycles. The standard InChI is InChI=1S/C16H22N2O3/c1-4-15(19)17-13-8-9-18(16(20)5-2)14-7-6-11(21-3)10-12(13)14/h6-7,10,13H,4-5,8-9H2,1-3H3,(H,17,19)/t13-/m0/s1. The SMILES string of the molecule is CCC(=O)N[C@H]1CCN(C(=O)CC)c2ccc(OC)cc21. The van der Waals surface area contributed by atoms with Crippen molar-refractivity contribution in [2.45, 2.75) is 39.2 Å². The quantitative estimate of drug-likeness (QED) is 0.926. The highest BCUT2D eigenvalue weighted by molar-refractivity contribution is 5.94. The molecule has 0 fully saturated rings. The minimum Gasteiger partial charge on any atom is -0.497 e. The fourth-order valence-corrected chi connectivity index (χ4v) is 2.61. The summed E-state index contributed by atoms with van der Waals surface area (Å²) in [7, 11) is 1.61. The van der Waals surface area contributed by atoms with Gasteiger partial charge in [-0.2, -0.15) is 0 Å². The first kappa shape index (κ1) is 15.4. The molecule has 0 saturated heterocycles. The Labute approximate surface area is 125 Å². The van der Waals surface area contributed by atoms with Crippen LogP contribution >= 0.6 is 0 Å². The monoisotopic (exact) mass is 290 g/mol. The van der Waals surface area contributed by atoms with Gasteiger partial charge < -0.3 is 15.0 Å². The molecule has 114 valence electrons. The molecule has 0 aliphatic carbocycles. The number of carbonyl (C=O) groups is 2. The Kier molecular flexibility index (Phi) is 4.83. The summed E-state index contributed by atoms with van der Waals surface area (Å²) in [5, 5.41) is 3.02. The molecule has 1 aromatic carbocycles. The predicted octanol–water partition coefficient (Wildman–Crippen LogP) is 2.41. The third kappa shape index (κ3) is 3.17. The molecule has 2 amide bonds. The van der Waals surface area contributed by atoms with Crippen molar-refractivity contribution >= 4 is 17.5 Å². The van der Waals surface area contributed by atoms with Gasteiger partial charge in [0.05, 0.1) is 13.2 Å². The fourth-order valence-electron chi connectivity index (χ4n) is 2.61. The van der Waals surface area contributed by atoms with Gasteiger partial charge in [-0.25, -0.2) is 0 Å². The van der Waals surface area contributed by atoms with E-state index in [0.29, 0.717) is 19.4 Å². The van der Waals surface area contributed by atoms with Crippen molar-refractivity contribution in [3.05, 3.63) is 23.8 Å². The second-order valence-electron chi connectivity index (χ2n) is 5.09. The number of methoxy groups -OCH3 is 1. The molecule has 0 bridgehead atoms. The number of nitrogens with one attached hydrogen (secondary N) is 1. The van der Waals surface area contributed by atoms with E-state index in [2.05, 4.69) is 5.32 Å². The van der Waals surface area contributed by atoms with Gasteiger partial charge in [0.25, 0.3) is 0 Å². The molecule has 1 heterocycles. The van der Waals surface area contributed by atoms with Crippen molar-refractivity contribution in [1.82, 2.24) is 5.32 Å². The number of benzene rings is 1. The molecular weight excluding hydrogens is 268 g/mol. The summed E-state index contributed by atoms with van der Waals surface area (Å²) in [6.45, 7) is 4.31. The summed E-state index contributed by atoms with van der Waals surface area (Å²) in [4.78, 5) is 25.6. The Bertz CT molecular complexity index is 542. The van der Waals surface area contributed by atoms with Crippen LogP contribution in [0.4, 0.5) is 5.69 Å². The molecule has 0 radical (unpaired) electrons. The van der Waals surface area contributed by atoms with Crippen molar-refractivity contribution in [3.8, 4) is 5.75 Å². The zero-order valence-corrected chi connectivity index (χ0v) is 12.8. The van der Waals surface area contributed by atoms with Gasteiger partial charge >= 0.3 is 0 Å². The van der Waals surface area contributed by atoms with Gasteiger partial charge in [-0.3, -0.25) is 9.59 Å². The van der Waals surface area contributed by atoms with E-state index in [1.807, 2.05) is 32.0 Å². The number of anilines is 1. The van der Waals surface area contributed by atoms with Gasteiger partial charge in [-0.05, 0) is 24.6 Å². The van der Waals surface area contributed by atoms with Crippen molar-refractivity contribution < 1.29 is 14.3 Å². The molecule has 0 unspecified atom stereocenters. The number of fused-ring (bicyclic) bond motifs is 1. The zero-order chi connectivity index (χ0) is 15.4. The minimum absolute atomic E-state index is 0.0176. The largest absolute Gasteiger partial charge is 0.497 e. The highest BCUT2D eigenvalue weighted by Crippen LogP contribution is 2.36. The van der Waals surface area contributed by atoms with Gasteiger partial charge in [0.15, 0.2) is 0 Å². The van der Waals surface area contributed by atoms with Crippen molar-refractivity contribution in [2.24, 2.45) is 0 Å². The van der Waals surface area contributed by atoms with E-state index >= 15 is 0 Å². The van der Waals surface area contributed by atoms with Crippen LogP contribution in [0.5, 0.6) is 5.75 Å². The van der Waals surface area contributed by atoms with E-state index in [0.717, 1.165) is 23.4 Å². The topological polar surface area (TPSA) is 58.6 Å². The number of nitrogens with zero attached hydrogens (tertiary/aromatic N) is 1. The van der Waals surface area contributed by atoms with Crippen LogP contribution in [-0.2, 0) is 9.59 Å². The predicted molar refractivity (Wildman–Crippen MR) is 81.4 cm³/mol. The summed E-state index contributed by atoms with van der Waals surface area (Å²) in [5.41, 5.74) is 1.82. The molecule has 1 aromatic rings.